The van der Waals surface area contributed by atoms with Gasteiger partial charge in [-0.25, -0.2) is 14.2 Å². The highest BCUT2D eigenvalue weighted by Crippen LogP contribution is 2.46. The lowest BCUT2D eigenvalue weighted by atomic mass is 9.81. The van der Waals surface area contributed by atoms with Gasteiger partial charge in [-0.05, 0) is 78.3 Å². The molecule has 0 unspecified atom stereocenters. The minimum absolute atomic E-state index is 0.0267. The van der Waals surface area contributed by atoms with Crippen LogP contribution < -0.4 is 47.7 Å². The molecule has 32 heteroatoms. The van der Waals surface area contributed by atoms with Crippen molar-refractivity contribution in [3.63, 3.8) is 0 Å². The molecule has 6 aromatic rings. The number of benzene rings is 4. The van der Waals surface area contributed by atoms with E-state index < -0.39 is 103 Å². The molecule has 0 bridgehead atoms. The second-order valence-corrected chi connectivity index (χ2v) is 26.5. The second-order valence-electron chi connectivity index (χ2n) is 26.5. The van der Waals surface area contributed by atoms with Gasteiger partial charge in [0.05, 0.1) is 173 Å². The van der Waals surface area contributed by atoms with Crippen LogP contribution >= 0.6 is 0 Å². The Morgan fingerprint density at radius 3 is 1.88 bits per heavy atom. The molecule has 3 aliphatic heterocycles. The van der Waals surface area contributed by atoms with E-state index in [-0.39, 0.29) is 88.0 Å². The zero-order chi connectivity index (χ0) is 79.2. The third kappa shape index (κ3) is 23.6. The minimum atomic E-state index is -2.06. The Balaban J connectivity index is 0.499. The zero-order valence-corrected chi connectivity index (χ0v) is 62.8. The third-order valence-electron chi connectivity index (χ3n) is 19.0. The second kappa shape index (κ2) is 42.8. The van der Waals surface area contributed by atoms with Gasteiger partial charge in [0.15, 0.2) is 5.60 Å². The number of halogens is 1. The molecule has 2 aromatic heterocycles. The van der Waals surface area contributed by atoms with E-state index in [0.29, 0.717) is 156 Å². The SMILES string of the molecule is CC[C@]1(O)C(=O)OCc2c1cc1n(c2=O)Cc2c-1nc1cc(F)c(C)c3c1c2[C@H](NC(=O)COCNC(=O)CNC(=O)[C@H](Cc1ccccc1)NC(=O)CNC(=O)CNC(=O)CCOCCOCCOCCOCCOCCOCCOCCOCCNC(=O)CCC(=O)N1Cc2ccccc2C#Cc2ccccc21)CC3. The Kier molecular flexibility index (Phi) is 32.1. The van der Waals surface area contributed by atoms with E-state index in [4.69, 9.17) is 52.4 Å². The van der Waals surface area contributed by atoms with Gasteiger partial charge in [-0.15, -0.1) is 0 Å². The molecule has 1 aliphatic carbocycles. The van der Waals surface area contributed by atoms with Crippen LogP contribution in [0.4, 0.5) is 10.1 Å². The van der Waals surface area contributed by atoms with E-state index >= 15 is 4.39 Å². The van der Waals surface area contributed by atoms with Crippen molar-refractivity contribution in [3.05, 3.63) is 163 Å². The lowest BCUT2D eigenvalue weighted by Crippen LogP contribution is -2.52. The summed E-state index contributed by atoms with van der Waals surface area (Å²) in [5.74, 6) is 0.840. The number of cyclic esters (lactones) is 1. The van der Waals surface area contributed by atoms with E-state index in [0.717, 1.165) is 27.9 Å². The number of fused-ring (bicyclic) bond motifs is 7. The van der Waals surface area contributed by atoms with Gasteiger partial charge in [0.2, 0.25) is 47.3 Å². The molecule has 0 saturated heterocycles. The van der Waals surface area contributed by atoms with Gasteiger partial charge >= 0.3 is 5.97 Å². The van der Waals surface area contributed by atoms with Gasteiger partial charge < -0.3 is 99.2 Å². The van der Waals surface area contributed by atoms with Crippen molar-refractivity contribution in [1.29, 1.82) is 0 Å². The van der Waals surface area contributed by atoms with Crippen LogP contribution in [0.1, 0.15) is 101 Å². The summed E-state index contributed by atoms with van der Waals surface area (Å²) >= 11 is 0. The standard InChI is InChI=1S/C80H95FN10O21/c1-3-80(102)60-42-66-76-58(48-91(66)78(100)59(60)49-112-79(80)101)75-62(20-19-57-52(2)61(81)43-63(89-76)74(57)75)87-72(97)50-111-51-86-70(95)45-85-77(99)64(41-53-11-5-4-6-12-53)88-71(96)46-84-69(94)44-83-68(93)23-25-103-27-29-105-31-33-107-35-37-109-39-40-110-38-36-108-34-32-106-30-28-104-26-24-82-67(92)21-22-73(98)90-47-56-15-8-7-13-54(56)17-18-55-14-9-10-16-65(55)90/h4-16,42-43,62,64,102H,3,19-41,44-51H2,1-2H3,(H,82,92)(H,83,93)(H,84,94)(H,85,99)(H,86,95)(H,87,97)(H,88,96)/t62-,64+,80-/m1/s1. The maximum atomic E-state index is 15.4. The van der Waals surface area contributed by atoms with Crippen LogP contribution in [0.15, 0.2) is 95.8 Å². The molecule has 8 N–H and O–H groups in total. The fourth-order valence-corrected chi connectivity index (χ4v) is 13.1. The molecule has 5 heterocycles. The maximum Gasteiger partial charge on any atom is 0.343 e. The van der Waals surface area contributed by atoms with Crippen molar-refractivity contribution >= 4 is 69.8 Å². The van der Waals surface area contributed by atoms with Crippen LogP contribution in [0.25, 0.3) is 22.3 Å². The molecule has 8 amide bonds. The Hall–Kier alpha value is -10.4. The number of carbonyl (C=O) groups excluding carboxylic acids is 9. The molecular formula is C80H95FN10O21. The van der Waals surface area contributed by atoms with Gasteiger partial charge in [-0.2, -0.15) is 0 Å². The first kappa shape index (κ1) is 84.0. The summed E-state index contributed by atoms with van der Waals surface area (Å²) in [6.45, 7) is 6.53. The van der Waals surface area contributed by atoms with Gasteiger partial charge in [0.25, 0.3) is 5.56 Å². The Morgan fingerprint density at radius 2 is 1.20 bits per heavy atom. The van der Waals surface area contributed by atoms with Gasteiger partial charge in [0.1, 0.15) is 31.8 Å². The smallest absolute Gasteiger partial charge is 0.343 e. The Morgan fingerprint density at radius 1 is 0.616 bits per heavy atom. The van der Waals surface area contributed by atoms with Gasteiger partial charge in [-0.3, -0.25) is 43.2 Å². The number of pyridine rings is 2. The lowest BCUT2D eigenvalue weighted by molar-refractivity contribution is -0.172. The fraction of sp³-hybridized carbons (Fsp3) is 0.463. The molecule has 3 atom stereocenters. The summed E-state index contributed by atoms with van der Waals surface area (Å²) in [6.07, 6.45) is 0.787. The number of aromatic nitrogens is 2. The van der Waals surface area contributed by atoms with Crippen LogP contribution in [0.5, 0.6) is 0 Å². The first-order chi connectivity index (χ1) is 54.4. The van der Waals surface area contributed by atoms with E-state index in [1.165, 1.54) is 10.6 Å². The van der Waals surface area contributed by atoms with Crippen LogP contribution in [-0.4, -0.2) is 219 Å². The summed E-state index contributed by atoms with van der Waals surface area (Å²) in [5, 5.41) is 30.3. The zero-order valence-electron chi connectivity index (χ0n) is 62.8. The van der Waals surface area contributed by atoms with E-state index in [1.54, 1.807) is 55.1 Å². The Bertz CT molecular complexity index is 4460. The molecule has 0 fully saturated rings. The predicted octanol–water partition coefficient (Wildman–Crippen LogP) is 2.16. The molecule has 10 rings (SSSR count). The van der Waals surface area contributed by atoms with Crippen molar-refractivity contribution in [2.45, 2.75) is 96.2 Å². The number of aliphatic hydroxyl groups is 1. The van der Waals surface area contributed by atoms with Crippen LogP contribution in [0.2, 0.25) is 0 Å². The predicted molar refractivity (Wildman–Crippen MR) is 402 cm³/mol. The topological polar surface area (TPSA) is 389 Å². The van der Waals surface area contributed by atoms with Crippen molar-refractivity contribution in [2.75, 3.05) is 150 Å². The number of para-hydroxylation sites is 1. The van der Waals surface area contributed by atoms with Crippen molar-refractivity contribution < 1.29 is 100 Å². The van der Waals surface area contributed by atoms with E-state index in [1.807, 2.05) is 48.5 Å². The number of carbonyl (C=O) groups is 9. The van der Waals surface area contributed by atoms with Crippen LogP contribution in [0.3, 0.4) is 0 Å². The first-order valence-electron chi connectivity index (χ1n) is 37.4. The number of nitrogens with zero attached hydrogens (tertiary/aromatic N) is 3. The molecule has 4 aliphatic rings. The molecule has 112 heavy (non-hydrogen) atoms. The van der Waals surface area contributed by atoms with Crippen molar-refractivity contribution in [1.82, 2.24) is 46.8 Å². The molecule has 4 aromatic carbocycles. The number of rotatable bonds is 46. The normalized spacial score (nSPS) is 15.1. The van der Waals surface area contributed by atoms with Gasteiger partial charge in [0, 0.05) is 65.9 Å². The number of esters is 1. The number of hydrogen-bond acceptors (Lipinski definition) is 22. The molecule has 0 saturated carbocycles. The maximum absolute atomic E-state index is 15.4. The summed E-state index contributed by atoms with van der Waals surface area (Å²) in [7, 11) is 0. The van der Waals surface area contributed by atoms with Crippen LogP contribution in [-0.2, 0) is 129 Å². The highest BCUT2D eigenvalue weighted by Gasteiger charge is 2.46. The monoisotopic (exact) mass is 1550 g/mol. The largest absolute Gasteiger partial charge is 0.458 e. The highest BCUT2D eigenvalue weighted by atomic mass is 19.1. The molecule has 0 radical (unpaired) electrons. The molecule has 31 nitrogen and oxygen atoms in total. The number of ether oxygens (including phenoxy) is 10. The minimum Gasteiger partial charge on any atom is -0.458 e. The Labute approximate surface area is 646 Å². The van der Waals surface area contributed by atoms with Crippen LogP contribution in [0, 0.1) is 24.6 Å². The number of aryl methyl sites for hydroxylation is 1. The summed E-state index contributed by atoms with van der Waals surface area (Å²) in [4.78, 5) is 137. The number of nitrogens with one attached hydrogen (secondary N) is 7. The molecular weight excluding hydrogens is 1460 g/mol. The molecule has 0 spiro atoms. The van der Waals surface area contributed by atoms with E-state index in [2.05, 4.69) is 49.1 Å². The van der Waals surface area contributed by atoms with Gasteiger partial charge in [-0.1, -0.05) is 79.4 Å². The molecule has 598 valence electrons. The lowest BCUT2D eigenvalue weighted by Gasteiger charge is -2.31. The van der Waals surface area contributed by atoms with Crippen molar-refractivity contribution in [2.24, 2.45) is 0 Å². The number of anilines is 1. The van der Waals surface area contributed by atoms with E-state index in [9.17, 15) is 53.1 Å². The summed E-state index contributed by atoms with van der Waals surface area (Å²) in [6, 6.07) is 25.1. The quantitative estimate of drug-likeness (QED) is 0.0117. The fourth-order valence-electron chi connectivity index (χ4n) is 13.1. The number of hydrogen-bond donors (Lipinski definition) is 8. The highest BCUT2D eigenvalue weighted by molar-refractivity contribution is 5.98. The summed E-state index contributed by atoms with van der Waals surface area (Å²) < 4.78 is 71.8. The average molecular weight is 1550 g/mol. The summed E-state index contributed by atoms with van der Waals surface area (Å²) in [5.41, 5.74) is 5.09. The third-order valence-corrected chi connectivity index (χ3v) is 19.0. The average Bonchev–Trinajstić information content (AvgIpc) is 1.51. The number of amides is 8. The first-order valence-corrected chi connectivity index (χ1v) is 37.4. The van der Waals surface area contributed by atoms with Crippen molar-refractivity contribution in [3.8, 4) is 23.2 Å².